The Morgan fingerprint density at radius 2 is 0.734 bits per heavy atom. The van der Waals surface area contributed by atoms with E-state index in [1.165, 1.54) is 0 Å². The first-order chi connectivity index (χ1) is 69.5. The molecule has 0 saturated carbocycles. The number of unbranched alkanes of at least 4 members (excludes halogenated alkanes) is 12. The molecular formula is C98H156N10O35. The number of benzene rings is 3. The summed E-state index contributed by atoms with van der Waals surface area (Å²) < 4.78 is 83.6. The Morgan fingerprint density at radius 3 is 1.17 bits per heavy atom. The molecule has 7 amide bonds. The van der Waals surface area contributed by atoms with Gasteiger partial charge in [0.15, 0.2) is 18.9 Å². The fourth-order valence-electron chi connectivity index (χ4n) is 15.7. The zero-order valence-electron chi connectivity index (χ0n) is 81.9. The molecule has 2 unspecified atom stereocenters. The zero-order chi connectivity index (χ0) is 103. The fraction of sp³-hybridized carbons (Fsp3) is 0.714. The minimum Gasteiger partial charge on any atom is -0.461 e. The normalized spacial score (nSPS) is 22.5. The quantitative estimate of drug-likeness (QED) is 0.0202. The van der Waals surface area contributed by atoms with Crippen LogP contribution in [-0.2, 0) is 123 Å². The summed E-state index contributed by atoms with van der Waals surface area (Å²) in [5, 5.41) is 144. The van der Waals surface area contributed by atoms with E-state index in [2.05, 4.69) is 42.3 Å². The lowest BCUT2D eigenvalue weighted by Gasteiger charge is -2.39. The van der Waals surface area contributed by atoms with E-state index in [0.29, 0.717) is 204 Å². The number of rotatable bonds is 78. The van der Waals surface area contributed by atoms with Crippen LogP contribution in [0.2, 0.25) is 0 Å². The second-order valence-corrected chi connectivity index (χ2v) is 34.9. The molecule has 4 aliphatic rings. The van der Waals surface area contributed by atoms with Gasteiger partial charge in [0, 0.05) is 102 Å². The topological polar surface area (TPSA) is 641 Å². The second-order valence-electron chi connectivity index (χ2n) is 34.9. The highest BCUT2D eigenvalue weighted by atomic mass is 16.7. The van der Waals surface area contributed by atoms with Crippen molar-refractivity contribution in [3.63, 3.8) is 0 Å². The average molecular weight is 2030 g/mol. The number of esters is 1. The van der Waals surface area contributed by atoms with E-state index in [1.54, 1.807) is 4.90 Å². The molecule has 45 nitrogen and oxygen atoms in total. The number of hydrogen-bond donors (Lipinski definition) is 20. The summed E-state index contributed by atoms with van der Waals surface area (Å²) in [6.07, 6.45) is -12.0. The summed E-state index contributed by atoms with van der Waals surface area (Å²) in [5.74, 6) is -3.51. The van der Waals surface area contributed by atoms with Crippen LogP contribution in [0.3, 0.4) is 0 Å². The molecule has 7 rings (SSSR count). The van der Waals surface area contributed by atoms with Gasteiger partial charge in [0.05, 0.1) is 143 Å². The van der Waals surface area contributed by atoms with Gasteiger partial charge in [-0.2, -0.15) is 5.11 Å². The molecule has 143 heavy (non-hydrogen) atoms. The predicted molar refractivity (Wildman–Crippen MR) is 513 cm³/mol. The van der Waals surface area contributed by atoms with Crippen molar-refractivity contribution in [2.75, 3.05) is 183 Å². The first kappa shape index (κ1) is 121. The standard InChI is InChI=1S/C98H156N10O35/c99-107-84-69-27-14-13-26-68(69)62-108(81(116)36-35-78(113)101-38-17-2-1-12-30-82(117)140-66-67-24-10-9-11-25-67)73-29-16-15-28-70(73)83(84)102-42-47-130-49-51-132-53-55-134-57-59-136-61-60-135-58-56-133-54-52-131-50-48-129-46-37-80(115)106-72(95(128)104-41-20-5-8-23-45-139-98-93(126)90(123)87(120)76(65-111)143-98)32-34-79(114)105-71(94(127)103-40-19-4-7-22-44-138-97-92(125)89(122)86(119)75(64-110)142-97)31-33-77(112)100-39-18-3-6-21-43-137-96-91(124)88(121)85(118)74(63-109)141-96/h9-11,13-16,24-29,71-72,74-76,85-93,96-99,102,109-111,118-126H,1-8,12,17-23,30-66H2,(H,100,112)(H,101,113)(H,103,127)(H,104,128)(H,105,114)(H,106,115)/b84-83-,107-99?/t71?,72?,74-,75-,76-,85-,86-,87-,88+,89+,90+,91+,92+,93+,96+,97+,98+/m1/s1. The van der Waals surface area contributed by atoms with Crippen LogP contribution in [0.4, 0.5) is 5.69 Å². The predicted octanol–water partition coefficient (Wildman–Crippen LogP) is 0.102. The number of carbonyl (C=O) groups excluding carboxylic acids is 8. The number of hydrogen-bond acceptors (Lipinski definition) is 38. The van der Waals surface area contributed by atoms with E-state index in [-0.39, 0.29) is 148 Å². The maximum Gasteiger partial charge on any atom is 0.306 e. The molecule has 3 aromatic rings. The maximum atomic E-state index is 14.1. The van der Waals surface area contributed by atoms with Gasteiger partial charge in [-0.1, -0.05) is 124 Å². The number of anilines is 1. The number of aliphatic hydroxyl groups is 12. The van der Waals surface area contributed by atoms with Gasteiger partial charge in [0.2, 0.25) is 41.4 Å². The van der Waals surface area contributed by atoms with Gasteiger partial charge in [-0.05, 0) is 81.4 Å². The van der Waals surface area contributed by atoms with Crippen LogP contribution < -0.4 is 42.1 Å². The summed E-state index contributed by atoms with van der Waals surface area (Å²) in [6, 6.07) is 22.0. The Hall–Kier alpha value is -8.48. The Balaban J connectivity index is 0.734. The molecule has 20 N–H and O–H groups in total. The van der Waals surface area contributed by atoms with Crippen molar-refractivity contribution in [1.29, 1.82) is 5.53 Å². The first-order valence-corrected chi connectivity index (χ1v) is 50.1. The molecule has 4 aliphatic heterocycles. The summed E-state index contributed by atoms with van der Waals surface area (Å²) >= 11 is 0. The van der Waals surface area contributed by atoms with Crippen LogP contribution in [0.1, 0.15) is 176 Å². The van der Waals surface area contributed by atoms with Gasteiger partial charge in [-0.3, -0.25) is 38.4 Å². The minimum atomic E-state index is -1.59. The van der Waals surface area contributed by atoms with Gasteiger partial charge in [0.1, 0.15) is 97.6 Å². The molecule has 3 saturated heterocycles. The van der Waals surface area contributed by atoms with Gasteiger partial charge in [-0.15, -0.1) is 0 Å². The zero-order valence-corrected chi connectivity index (χ0v) is 81.9. The number of ether oxygens (including phenoxy) is 15. The minimum absolute atomic E-state index is 0.00596. The average Bonchev–Trinajstić information content (AvgIpc) is 0.767. The van der Waals surface area contributed by atoms with Crippen molar-refractivity contribution >= 4 is 64.4 Å². The van der Waals surface area contributed by atoms with Crippen molar-refractivity contribution in [2.24, 2.45) is 5.11 Å². The second kappa shape index (κ2) is 72.8. The number of para-hydroxylation sites is 1. The lowest BCUT2D eigenvalue weighted by molar-refractivity contribution is -0.301. The van der Waals surface area contributed by atoms with Crippen molar-refractivity contribution in [3.05, 3.63) is 101 Å². The summed E-state index contributed by atoms with van der Waals surface area (Å²) in [7, 11) is 0. The van der Waals surface area contributed by atoms with Crippen molar-refractivity contribution in [3.8, 4) is 0 Å². The van der Waals surface area contributed by atoms with Gasteiger partial charge >= 0.3 is 5.97 Å². The van der Waals surface area contributed by atoms with E-state index < -0.39 is 154 Å². The monoisotopic (exact) mass is 2030 g/mol. The molecular weight excluding hydrogens is 1880 g/mol. The van der Waals surface area contributed by atoms with E-state index in [1.807, 2.05) is 78.9 Å². The van der Waals surface area contributed by atoms with Gasteiger partial charge in [-0.25, -0.2) is 5.53 Å². The molecule has 45 heteroatoms. The first-order valence-electron chi connectivity index (χ1n) is 50.1. The molecule has 0 radical (unpaired) electrons. The highest BCUT2D eigenvalue weighted by molar-refractivity contribution is 6.02. The highest BCUT2D eigenvalue weighted by Gasteiger charge is 2.47. The molecule has 0 aliphatic carbocycles. The van der Waals surface area contributed by atoms with E-state index in [4.69, 9.17) is 76.6 Å². The van der Waals surface area contributed by atoms with Crippen LogP contribution in [0.5, 0.6) is 0 Å². The number of amides is 7. The third-order valence-corrected chi connectivity index (χ3v) is 23.9. The summed E-state index contributed by atoms with van der Waals surface area (Å²) in [6.45, 7) is 4.84. The number of nitrogens with zero attached hydrogens (tertiary/aromatic N) is 2. The molecule has 3 fully saturated rings. The van der Waals surface area contributed by atoms with Gasteiger partial charge < -0.3 is 174 Å². The van der Waals surface area contributed by atoms with Crippen LogP contribution in [0, 0.1) is 5.53 Å². The Bertz CT molecular complexity index is 4100. The van der Waals surface area contributed by atoms with E-state index in [0.717, 1.165) is 30.4 Å². The number of fused-ring (bicyclic) bond motifs is 2. The molecule has 0 aromatic heterocycles. The summed E-state index contributed by atoms with van der Waals surface area (Å²) in [4.78, 5) is 109. The molecule has 17 atom stereocenters. The lowest BCUT2D eigenvalue weighted by atomic mass is 9.95. The number of carbonyl (C=O) groups is 8. The van der Waals surface area contributed by atoms with Gasteiger partial charge in [0.25, 0.3) is 0 Å². The van der Waals surface area contributed by atoms with E-state index in [9.17, 15) is 99.6 Å². The van der Waals surface area contributed by atoms with Crippen LogP contribution >= 0.6 is 0 Å². The molecule has 4 heterocycles. The fourth-order valence-corrected chi connectivity index (χ4v) is 15.7. The van der Waals surface area contributed by atoms with Crippen molar-refractivity contribution in [1.82, 2.24) is 37.2 Å². The Kier molecular flexibility index (Phi) is 61.8. The maximum absolute atomic E-state index is 14.1. The lowest BCUT2D eigenvalue weighted by Crippen LogP contribution is -2.59. The third kappa shape index (κ3) is 46.6. The Morgan fingerprint density at radius 1 is 0.364 bits per heavy atom. The molecule has 0 spiro atoms. The SMILES string of the molecule is N=N/C1=C(\NCCOCCOCCOCCOCCOCCOCCOCCOCCC(=O)NC(CCC(=O)NC(CCC(=O)NCCCCCCO[C@H]2O[C@H](CO)[C@@H](O)[C@H](O)[C@@H]2O)C(=O)NCCCCCCO[C@H]2O[C@H](CO)[C@@H](O)[C@H](O)[C@@H]2O)C(=O)NCCCCCCO[C@H]2O[C@H](CO)[C@@H](O)[C@H](O)[C@@H]2O)c2ccccc2N(C(=O)CCC(=O)NCCCCCCC(=O)OCc2ccccc2)Cc2ccccc21. The number of nitrogens with one attached hydrogen (secondary N) is 8. The van der Waals surface area contributed by atoms with E-state index >= 15 is 0 Å². The third-order valence-electron chi connectivity index (χ3n) is 23.9. The molecule has 808 valence electrons. The smallest absolute Gasteiger partial charge is 0.306 e. The Labute approximate surface area is 834 Å². The molecule has 3 aromatic carbocycles. The van der Waals surface area contributed by atoms with Crippen LogP contribution in [0.25, 0.3) is 11.4 Å². The largest absolute Gasteiger partial charge is 0.461 e. The highest BCUT2D eigenvalue weighted by Crippen LogP contribution is 2.38. The van der Waals surface area contributed by atoms with Crippen LogP contribution in [-0.4, -0.2) is 391 Å². The summed E-state index contributed by atoms with van der Waals surface area (Å²) in [5.41, 5.74) is 13.0. The molecule has 0 bridgehead atoms. The number of aliphatic hydroxyl groups excluding tert-OH is 12. The van der Waals surface area contributed by atoms with Crippen LogP contribution in [0.15, 0.2) is 84.0 Å². The van der Waals surface area contributed by atoms with Crippen molar-refractivity contribution in [2.45, 2.75) is 271 Å². The van der Waals surface area contributed by atoms with Crippen molar-refractivity contribution < 1.29 is 171 Å².